The molecule has 1 aromatic heterocycles. The summed E-state index contributed by atoms with van der Waals surface area (Å²) in [5.41, 5.74) is 0.447. The van der Waals surface area contributed by atoms with Gasteiger partial charge in [0.1, 0.15) is 5.69 Å². The lowest BCUT2D eigenvalue weighted by Crippen LogP contribution is -2.39. The molecule has 128 valence electrons. The van der Waals surface area contributed by atoms with Crippen LogP contribution in [0.2, 0.25) is 0 Å². The fraction of sp³-hybridized carbons (Fsp3) is 0.176. The second kappa shape index (κ2) is 6.23. The molecule has 0 amide bonds. The molecular weight excluding hydrogens is 324 g/mol. The first kappa shape index (κ1) is 16.4. The summed E-state index contributed by atoms with van der Waals surface area (Å²) in [6, 6.07) is 12.3. The van der Waals surface area contributed by atoms with Crippen molar-refractivity contribution < 1.29 is 4.92 Å². The highest BCUT2D eigenvalue weighted by Gasteiger charge is 2.19. The van der Waals surface area contributed by atoms with Crippen LogP contribution in [0.3, 0.4) is 0 Å². The summed E-state index contributed by atoms with van der Waals surface area (Å²) in [4.78, 5) is 34.8. The largest absolute Gasteiger partial charge is 0.375 e. The number of fused-ring (bicyclic) bond motifs is 1. The Morgan fingerprint density at radius 1 is 1.00 bits per heavy atom. The number of nitrogens with zero attached hydrogens (tertiary/aromatic N) is 3. The first-order valence-electron chi connectivity index (χ1n) is 7.56. The van der Waals surface area contributed by atoms with E-state index in [9.17, 15) is 19.7 Å². The monoisotopic (exact) mass is 340 g/mol. The zero-order chi connectivity index (χ0) is 18.1. The second-order valence-electron chi connectivity index (χ2n) is 5.68. The summed E-state index contributed by atoms with van der Waals surface area (Å²) < 4.78 is 2.33. The van der Waals surface area contributed by atoms with Crippen molar-refractivity contribution in [2.45, 2.75) is 6.54 Å². The van der Waals surface area contributed by atoms with E-state index in [-0.39, 0.29) is 11.4 Å². The van der Waals surface area contributed by atoms with Crippen LogP contribution < -0.4 is 16.4 Å². The standard InChI is InChI=1S/C17H16N4O4/c1-19-14-8-12(18-10-11-6-4-3-5-7-11)13(21(24)25)9-15(14)20(2)17(23)16(19)22/h3-9,18H,10H2,1-2H3. The molecule has 0 fully saturated rings. The summed E-state index contributed by atoms with van der Waals surface area (Å²) in [7, 11) is 2.89. The molecular formula is C17H16N4O4. The van der Waals surface area contributed by atoms with Crippen LogP contribution in [-0.4, -0.2) is 14.1 Å². The molecule has 8 heteroatoms. The Morgan fingerprint density at radius 2 is 1.56 bits per heavy atom. The van der Waals surface area contributed by atoms with E-state index in [2.05, 4.69) is 5.32 Å². The lowest BCUT2D eigenvalue weighted by Gasteiger charge is -2.12. The Morgan fingerprint density at radius 3 is 2.12 bits per heavy atom. The van der Waals surface area contributed by atoms with Gasteiger partial charge in [-0.3, -0.25) is 19.7 Å². The first-order chi connectivity index (χ1) is 11.9. The Hall–Kier alpha value is -3.42. The smallest absolute Gasteiger partial charge is 0.316 e. The number of nitrogens with one attached hydrogen (secondary N) is 1. The minimum absolute atomic E-state index is 0.155. The van der Waals surface area contributed by atoms with Gasteiger partial charge in [0.15, 0.2) is 0 Å². The summed E-state index contributed by atoms with van der Waals surface area (Å²) in [5, 5.41) is 14.5. The zero-order valence-corrected chi connectivity index (χ0v) is 13.7. The van der Waals surface area contributed by atoms with Crippen molar-refractivity contribution in [3.8, 4) is 0 Å². The van der Waals surface area contributed by atoms with Crippen molar-refractivity contribution in [3.63, 3.8) is 0 Å². The number of benzene rings is 2. The number of nitro benzene ring substituents is 1. The molecule has 1 heterocycles. The van der Waals surface area contributed by atoms with E-state index in [1.165, 1.54) is 30.8 Å². The van der Waals surface area contributed by atoms with Crippen LogP contribution in [0.5, 0.6) is 0 Å². The summed E-state index contributed by atoms with van der Waals surface area (Å²) in [6.07, 6.45) is 0. The van der Waals surface area contributed by atoms with Gasteiger partial charge in [-0.1, -0.05) is 30.3 Å². The van der Waals surface area contributed by atoms with Crippen LogP contribution in [0.1, 0.15) is 5.56 Å². The van der Waals surface area contributed by atoms with Gasteiger partial charge in [0.2, 0.25) is 0 Å². The highest BCUT2D eigenvalue weighted by Crippen LogP contribution is 2.29. The molecule has 0 spiro atoms. The Bertz CT molecular complexity index is 1080. The molecule has 0 unspecified atom stereocenters. The maximum Gasteiger partial charge on any atom is 0.316 e. The third kappa shape index (κ3) is 2.89. The van der Waals surface area contributed by atoms with Crippen LogP contribution >= 0.6 is 0 Å². The molecule has 0 saturated heterocycles. The molecule has 3 aromatic rings. The number of aromatic nitrogens is 2. The van der Waals surface area contributed by atoms with Crippen molar-refractivity contribution in [2.24, 2.45) is 14.1 Å². The van der Waals surface area contributed by atoms with Crippen LogP contribution in [0.15, 0.2) is 52.1 Å². The van der Waals surface area contributed by atoms with E-state index in [1.807, 2.05) is 30.3 Å². The zero-order valence-electron chi connectivity index (χ0n) is 13.7. The number of nitro groups is 1. The van der Waals surface area contributed by atoms with Gasteiger partial charge >= 0.3 is 11.1 Å². The number of anilines is 1. The highest BCUT2D eigenvalue weighted by molar-refractivity contribution is 5.85. The Kier molecular flexibility index (Phi) is 4.10. The molecule has 2 aromatic carbocycles. The summed E-state index contributed by atoms with van der Waals surface area (Å²) >= 11 is 0. The second-order valence-corrected chi connectivity index (χ2v) is 5.68. The molecule has 0 bridgehead atoms. The van der Waals surface area contributed by atoms with Gasteiger partial charge in [0, 0.05) is 26.7 Å². The Labute approximate surface area is 142 Å². The van der Waals surface area contributed by atoms with E-state index in [0.717, 1.165) is 10.1 Å². The van der Waals surface area contributed by atoms with Gasteiger partial charge in [0.25, 0.3) is 5.69 Å². The number of hydrogen-bond donors (Lipinski definition) is 1. The molecule has 25 heavy (non-hydrogen) atoms. The number of hydrogen-bond acceptors (Lipinski definition) is 5. The van der Waals surface area contributed by atoms with Crippen molar-refractivity contribution in [3.05, 3.63) is 78.8 Å². The number of aryl methyl sites for hydroxylation is 2. The average molecular weight is 340 g/mol. The number of rotatable bonds is 4. The minimum Gasteiger partial charge on any atom is -0.375 e. The van der Waals surface area contributed by atoms with Gasteiger partial charge in [-0.25, -0.2) is 0 Å². The fourth-order valence-corrected chi connectivity index (χ4v) is 2.69. The van der Waals surface area contributed by atoms with Crippen molar-refractivity contribution in [2.75, 3.05) is 5.32 Å². The van der Waals surface area contributed by atoms with Gasteiger partial charge < -0.3 is 14.5 Å². The molecule has 1 N–H and O–H groups in total. The lowest BCUT2D eigenvalue weighted by molar-refractivity contribution is -0.383. The van der Waals surface area contributed by atoms with Crippen LogP contribution in [0.25, 0.3) is 11.0 Å². The van der Waals surface area contributed by atoms with Crippen LogP contribution in [0, 0.1) is 10.1 Å². The van der Waals surface area contributed by atoms with Crippen molar-refractivity contribution in [1.29, 1.82) is 0 Å². The third-order valence-corrected chi connectivity index (χ3v) is 4.13. The average Bonchev–Trinajstić information content (AvgIpc) is 2.63. The van der Waals surface area contributed by atoms with Crippen LogP contribution in [0.4, 0.5) is 11.4 Å². The third-order valence-electron chi connectivity index (χ3n) is 4.13. The predicted molar refractivity (Wildman–Crippen MR) is 94.9 cm³/mol. The van der Waals surface area contributed by atoms with Gasteiger partial charge in [0.05, 0.1) is 16.0 Å². The summed E-state index contributed by atoms with van der Waals surface area (Å²) in [6.45, 7) is 0.396. The van der Waals surface area contributed by atoms with Crippen LogP contribution in [-0.2, 0) is 20.6 Å². The lowest BCUT2D eigenvalue weighted by atomic mass is 10.2. The van der Waals surface area contributed by atoms with Crippen molar-refractivity contribution >= 4 is 22.4 Å². The molecule has 3 rings (SSSR count). The van der Waals surface area contributed by atoms with E-state index >= 15 is 0 Å². The Balaban J connectivity index is 2.17. The first-order valence-corrected chi connectivity index (χ1v) is 7.56. The molecule has 0 aliphatic carbocycles. The van der Waals surface area contributed by atoms with Gasteiger partial charge in [-0.2, -0.15) is 0 Å². The molecule has 0 aliphatic heterocycles. The van der Waals surface area contributed by atoms with E-state index < -0.39 is 16.0 Å². The van der Waals surface area contributed by atoms with E-state index in [1.54, 1.807) is 0 Å². The van der Waals surface area contributed by atoms with Gasteiger partial charge in [-0.05, 0) is 11.6 Å². The normalized spacial score (nSPS) is 10.8. The highest BCUT2D eigenvalue weighted by atomic mass is 16.6. The fourth-order valence-electron chi connectivity index (χ4n) is 2.69. The molecule has 0 aliphatic rings. The molecule has 8 nitrogen and oxygen atoms in total. The topological polar surface area (TPSA) is 99.2 Å². The minimum atomic E-state index is -0.728. The molecule has 0 saturated carbocycles. The van der Waals surface area contributed by atoms with E-state index in [0.29, 0.717) is 17.6 Å². The predicted octanol–water partition coefficient (Wildman–Crippen LogP) is 1.76. The molecule has 0 radical (unpaired) electrons. The SMILES string of the molecule is Cn1c(=O)c(=O)n(C)c2cc([N+](=O)[O-])c(NCc3ccccc3)cc21. The summed E-state index contributed by atoms with van der Waals surface area (Å²) in [5.74, 6) is 0. The molecule has 0 atom stereocenters. The maximum absolute atomic E-state index is 12.0. The van der Waals surface area contributed by atoms with E-state index in [4.69, 9.17) is 0 Å². The van der Waals surface area contributed by atoms with Crippen molar-refractivity contribution in [1.82, 2.24) is 9.13 Å². The quantitative estimate of drug-likeness (QED) is 0.443. The van der Waals surface area contributed by atoms with Gasteiger partial charge in [-0.15, -0.1) is 0 Å². The maximum atomic E-state index is 12.0.